The third kappa shape index (κ3) is 3.50. The maximum Gasteiger partial charge on any atom is 0.339 e. The molecule has 0 N–H and O–H groups in total. The number of carbonyl (C=O) groups excluding carboxylic acids is 4. The predicted octanol–water partition coefficient (Wildman–Crippen LogP) is 4.04. The number of esters is 3. The number of hydrogen-bond donors (Lipinski definition) is 0. The molecule has 0 unspecified atom stereocenters. The van der Waals surface area contributed by atoms with E-state index in [1.54, 1.807) is 18.6 Å². The van der Waals surface area contributed by atoms with Crippen LogP contribution in [0.3, 0.4) is 0 Å². The molecule has 1 aromatic rings. The molecule has 6 rings (SSSR count). The highest BCUT2D eigenvalue weighted by molar-refractivity contribution is 5.97. The van der Waals surface area contributed by atoms with Gasteiger partial charge < -0.3 is 28.2 Å². The maximum atomic E-state index is 13.5. The second-order valence-electron chi connectivity index (χ2n) is 13.4. The zero-order valence-electron chi connectivity index (χ0n) is 24.5. The number of oxime groups is 1. The molecule has 0 bridgehead atoms. The maximum absolute atomic E-state index is 13.5. The predicted molar refractivity (Wildman–Crippen MR) is 140 cm³/mol. The van der Waals surface area contributed by atoms with E-state index in [0.29, 0.717) is 18.6 Å². The van der Waals surface area contributed by atoms with Crippen LogP contribution in [0.25, 0.3) is 0 Å². The number of ether oxygens (including phenoxy) is 4. The second kappa shape index (κ2) is 8.65. The quantitative estimate of drug-likeness (QED) is 0.171. The fraction of sp³-hybridized carbons (Fsp3) is 0.700. The molecule has 2 aliphatic carbocycles. The van der Waals surface area contributed by atoms with Gasteiger partial charge in [0, 0.05) is 41.6 Å². The molecule has 3 aliphatic heterocycles. The van der Waals surface area contributed by atoms with Crippen molar-refractivity contribution in [3.8, 4) is 0 Å². The largest absolute Gasteiger partial charge is 0.472 e. The van der Waals surface area contributed by atoms with Gasteiger partial charge in [-0.3, -0.25) is 9.59 Å². The van der Waals surface area contributed by atoms with E-state index in [9.17, 15) is 19.2 Å². The molecule has 2 saturated carbocycles. The van der Waals surface area contributed by atoms with Crippen molar-refractivity contribution in [2.24, 2.45) is 33.2 Å². The van der Waals surface area contributed by atoms with Crippen LogP contribution in [-0.4, -0.2) is 53.0 Å². The van der Waals surface area contributed by atoms with Gasteiger partial charge in [0.1, 0.15) is 23.4 Å². The van der Waals surface area contributed by atoms with Crippen molar-refractivity contribution in [3.63, 3.8) is 0 Å². The van der Waals surface area contributed by atoms with Crippen LogP contribution in [-0.2, 0) is 43.0 Å². The number of rotatable bonds is 3. The van der Waals surface area contributed by atoms with Gasteiger partial charge in [0.25, 0.3) is 0 Å². The average molecular weight is 572 g/mol. The topological polar surface area (TPSA) is 143 Å². The Balaban J connectivity index is 1.59. The molecule has 0 amide bonds. The lowest BCUT2D eigenvalue weighted by Gasteiger charge is -2.66. The van der Waals surface area contributed by atoms with Crippen LogP contribution in [0, 0.1) is 28.1 Å². The van der Waals surface area contributed by atoms with Gasteiger partial charge in [-0.25, -0.2) is 9.59 Å². The first kappa shape index (κ1) is 27.9. The lowest BCUT2D eigenvalue weighted by molar-refractivity contribution is -0.215. The summed E-state index contributed by atoms with van der Waals surface area (Å²) < 4.78 is 29.8. The summed E-state index contributed by atoms with van der Waals surface area (Å²) in [7, 11) is 0. The van der Waals surface area contributed by atoms with Crippen LogP contribution in [0.2, 0.25) is 0 Å². The molecule has 3 saturated heterocycles. The Labute approximate surface area is 238 Å². The summed E-state index contributed by atoms with van der Waals surface area (Å²) in [6.07, 6.45) is 2.16. The van der Waals surface area contributed by atoms with Crippen LogP contribution in [0.15, 0.2) is 28.2 Å². The van der Waals surface area contributed by atoms with E-state index < -0.39 is 69.6 Å². The first-order valence-electron chi connectivity index (χ1n) is 14.2. The van der Waals surface area contributed by atoms with Crippen molar-refractivity contribution < 1.29 is 47.4 Å². The number of epoxide rings is 1. The Kier molecular flexibility index (Phi) is 5.90. The lowest BCUT2D eigenvalue weighted by atomic mass is 9.36. The third-order valence-electron chi connectivity index (χ3n) is 11.1. The van der Waals surface area contributed by atoms with Gasteiger partial charge in [-0.15, -0.1) is 0 Å². The van der Waals surface area contributed by atoms with Crippen LogP contribution in [0.1, 0.15) is 85.8 Å². The van der Waals surface area contributed by atoms with Gasteiger partial charge in [-0.05, 0) is 45.1 Å². The highest BCUT2D eigenvalue weighted by Crippen LogP contribution is 2.79. The molecule has 4 heterocycles. The van der Waals surface area contributed by atoms with Crippen molar-refractivity contribution in [1.29, 1.82) is 0 Å². The minimum absolute atomic E-state index is 0.104. The molecule has 1 aromatic heterocycles. The molecule has 41 heavy (non-hydrogen) atoms. The van der Waals surface area contributed by atoms with Gasteiger partial charge in [0.15, 0.2) is 6.10 Å². The Hall–Kier alpha value is -3.21. The van der Waals surface area contributed by atoms with E-state index in [0.717, 1.165) is 5.56 Å². The van der Waals surface area contributed by atoms with Gasteiger partial charge >= 0.3 is 23.9 Å². The van der Waals surface area contributed by atoms with Gasteiger partial charge in [-0.2, -0.15) is 0 Å². The highest BCUT2D eigenvalue weighted by atomic mass is 16.7. The number of fused-ring (bicyclic) bond motifs is 3. The number of hydrogen-bond acceptors (Lipinski definition) is 11. The Bertz CT molecular complexity index is 1350. The molecule has 1 spiro atoms. The van der Waals surface area contributed by atoms with Crippen molar-refractivity contribution in [2.45, 2.75) is 104 Å². The third-order valence-corrected chi connectivity index (χ3v) is 11.1. The smallest absolute Gasteiger partial charge is 0.339 e. The lowest BCUT2D eigenvalue weighted by Crippen LogP contribution is -2.72. The highest BCUT2D eigenvalue weighted by Gasteiger charge is 2.88. The summed E-state index contributed by atoms with van der Waals surface area (Å²) in [6, 6.07) is 1.79. The van der Waals surface area contributed by atoms with Gasteiger partial charge in [-0.1, -0.05) is 25.9 Å². The Morgan fingerprint density at radius 3 is 2.37 bits per heavy atom. The van der Waals surface area contributed by atoms with Crippen LogP contribution in [0.5, 0.6) is 0 Å². The zero-order valence-corrected chi connectivity index (χ0v) is 24.5. The minimum Gasteiger partial charge on any atom is -0.472 e. The van der Waals surface area contributed by atoms with Crippen molar-refractivity contribution in [1.82, 2.24) is 0 Å². The summed E-state index contributed by atoms with van der Waals surface area (Å²) in [6.45, 7) is 12.4. The normalized spacial score (nSPS) is 45.0. The van der Waals surface area contributed by atoms with Crippen molar-refractivity contribution in [2.75, 3.05) is 0 Å². The Morgan fingerprint density at radius 1 is 1.00 bits per heavy atom. The van der Waals surface area contributed by atoms with E-state index in [1.165, 1.54) is 13.8 Å². The molecular formula is C30H37NO10. The summed E-state index contributed by atoms with van der Waals surface area (Å²) in [5.74, 6) is -2.70. The molecule has 222 valence electrons. The fourth-order valence-electron chi connectivity index (χ4n) is 9.52. The monoisotopic (exact) mass is 571 g/mol. The van der Waals surface area contributed by atoms with Crippen LogP contribution in [0.4, 0.5) is 0 Å². The molecule has 5 aliphatic rings. The van der Waals surface area contributed by atoms with E-state index in [4.69, 9.17) is 28.2 Å². The summed E-state index contributed by atoms with van der Waals surface area (Å²) in [5.41, 5.74) is -3.26. The van der Waals surface area contributed by atoms with Gasteiger partial charge in [0.05, 0.1) is 24.7 Å². The molecule has 5 fully saturated rings. The molecule has 0 aromatic carbocycles. The molecule has 0 radical (unpaired) electrons. The van der Waals surface area contributed by atoms with E-state index >= 15 is 0 Å². The first-order chi connectivity index (χ1) is 19.1. The van der Waals surface area contributed by atoms with Crippen molar-refractivity contribution in [3.05, 3.63) is 24.2 Å². The summed E-state index contributed by atoms with van der Waals surface area (Å²) in [5, 5.41) is 4.44. The standard InChI is InChI=1S/C30H37NO10/c1-15(32)37-21-13-22(34)39-26(3,4)19-12-20(31-41-16(2)33)29(7)18(28(19,21)6)8-10-27(5)23(17-9-11-36-14-17)38-25(35)24-30(27,29)40-24/h9,11,14,18-19,21,23-24H,8,10,12-13H2,1-7H3/b31-20+/t18-,19+,21+,23-,24-,27+,28-,29+,30-/m1/s1. The SMILES string of the molecule is CC(=O)O/N=C1\C[C@H]2C(C)(C)OC(=O)C[C@H](OC(C)=O)[C@]2(C)[C@H]2CC[C@@]3(C)[C@@H](c4ccoc4)OC(=O)[C@H]4O[C@]43[C@]12C. The van der Waals surface area contributed by atoms with E-state index in [-0.39, 0.29) is 24.7 Å². The number of carbonyl (C=O) groups is 4. The van der Waals surface area contributed by atoms with Crippen LogP contribution < -0.4 is 0 Å². The molecular weight excluding hydrogens is 534 g/mol. The zero-order chi connectivity index (χ0) is 29.8. The van der Waals surface area contributed by atoms with E-state index in [1.807, 2.05) is 27.7 Å². The summed E-state index contributed by atoms with van der Waals surface area (Å²) >= 11 is 0. The summed E-state index contributed by atoms with van der Waals surface area (Å²) in [4.78, 5) is 56.2. The molecule has 9 atom stereocenters. The van der Waals surface area contributed by atoms with Crippen molar-refractivity contribution >= 4 is 29.6 Å². The second-order valence-corrected chi connectivity index (χ2v) is 13.4. The number of cyclic esters (lactones) is 2. The minimum atomic E-state index is -1.07. The number of furan rings is 1. The van der Waals surface area contributed by atoms with E-state index in [2.05, 4.69) is 12.1 Å². The average Bonchev–Trinajstić information content (AvgIpc) is 3.45. The molecule has 11 heteroatoms. The fourth-order valence-corrected chi connectivity index (χ4v) is 9.52. The molecule has 11 nitrogen and oxygen atoms in total. The number of nitrogens with zero attached hydrogens (tertiary/aromatic N) is 1. The van der Waals surface area contributed by atoms with Gasteiger partial charge in [0.2, 0.25) is 0 Å². The van der Waals surface area contributed by atoms with Crippen LogP contribution >= 0.6 is 0 Å². The Morgan fingerprint density at radius 2 is 1.73 bits per heavy atom. The first-order valence-corrected chi connectivity index (χ1v) is 14.2.